The fourth-order valence-electron chi connectivity index (χ4n) is 1.56. The summed E-state index contributed by atoms with van der Waals surface area (Å²) >= 11 is 5.80. The zero-order chi connectivity index (χ0) is 13.7. The van der Waals surface area contributed by atoms with Gasteiger partial charge in [0.25, 0.3) is 0 Å². The van der Waals surface area contributed by atoms with Crippen molar-refractivity contribution in [1.82, 2.24) is 15.0 Å². The van der Waals surface area contributed by atoms with Gasteiger partial charge in [-0.05, 0) is 38.2 Å². The SMILES string of the molecule is Cc1noc(CN(C)CCOc2ccc(Cl)cc2)n1. The second kappa shape index (κ2) is 6.54. The minimum Gasteiger partial charge on any atom is -0.492 e. The van der Waals surface area contributed by atoms with Crippen molar-refractivity contribution >= 4 is 11.6 Å². The number of ether oxygens (including phenoxy) is 1. The van der Waals surface area contributed by atoms with E-state index >= 15 is 0 Å². The number of hydrogen-bond donors (Lipinski definition) is 0. The number of halogens is 1. The molecule has 0 saturated heterocycles. The lowest BCUT2D eigenvalue weighted by Crippen LogP contribution is -2.24. The van der Waals surface area contributed by atoms with E-state index < -0.39 is 0 Å². The van der Waals surface area contributed by atoms with Crippen molar-refractivity contribution in [3.8, 4) is 5.75 Å². The number of hydrogen-bond acceptors (Lipinski definition) is 5. The van der Waals surface area contributed by atoms with Crippen LogP contribution >= 0.6 is 11.6 Å². The maximum absolute atomic E-state index is 5.80. The minimum absolute atomic E-state index is 0.589. The van der Waals surface area contributed by atoms with Gasteiger partial charge in [0.15, 0.2) is 5.82 Å². The molecule has 1 aromatic heterocycles. The summed E-state index contributed by atoms with van der Waals surface area (Å²) in [7, 11) is 1.98. The number of rotatable bonds is 6. The van der Waals surface area contributed by atoms with Crippen LogP contribution in [0.5, 0.6) is 5.75 Å². The molecule has 0 fully saturated rings. The van der Waals surface area contributed by atoms with E-state index in [4.69, 9.17) is 20.9 Å². The topological polar surface area (TPSA) is 51.4 Å². The molecule has 0 spiro atoms. The van der Waals surface area contributed by atoms with Crippen molar-refractivity contribution in [2.45, 2.75) is 13.5 Å². The number of nitrogens with zero attached hydrogens (tertiary/aromatic N) is 3. The van der Waals surface area contributed by atoms with Crippen LogP contribution in [-0.4, -0.2) is 35.2 Å². The summed E-state index contributed by atoms with van der Waals surface area (Å²) in [6, 6.07) is 7.32. The summed E-state index contributed by atoms with van der Waals surface area (Å²) in [6.07, 6.45) is 0. The summed E-state index contributed by atoms with van der Waals surface area (Å²) in [5.74, 6) is 2.08. The third kappa shape index (κ3) is 4.54. The molecule has 2 aromatic rings. The summed E-state index contributed by atoms with van der Waals surface area (Å²) in [6.45, 7) is 3.77. The van der Waals surface area contributed by atoms with Crippen molar-refractivity contribution < 1.29 is 9.26 Å². The predicted octanol–water partition coefficient (Wildman–Crippen LogP) is 2.54. The van der Waals surface area contributed by atoms with Gasteiger partial charge in [-0.1, -0.05) is 16.8 Å². The first-order chi connectivity index (χ1) is 9.13. The Morgan fingerprint density at radius 3 is 2.68 bits per heavy atom. The van der Waals surface area contributed by atoms with Crippen LogP contribution in [0, 0.1) is 6.92 Å². The molecule has 0 amide bonds. The van der Waals surface area contributed by atoms with Gasteiger partial charge in [0.2, 0.25) is 5.89 Å². The number of aromatic nitrogens is 2. The molecule has 19 heavy (non-hydrogen) atoms. The molecular formula is C13H16ClN3O2. The first-order valence-corrected chi connectivity index (χ1v) is 6.37. The number of likely N-dealkylation sites (N-methyl/N-ethyl adjacent to an activating group) is 1. The Kier molecular flexibility index (Phi) is 4.76. The highest BCUT2D eigenvalue weighted by Crippen LogP contribution is 2.15. The standard InChI is InChI=1S/C13H16ClN3O2/c1-10-15-13(19-16-10)9-17(2)7-8-18-12-5-3-11(14)4-6-12/h3-6H,7-9H2,1-2H3. The van der Waals surface area contributed by atoms with Gasteiger partial charge in [0.05, 0.1) is 6.54 Å². The van der Waals surface area contributed by atoms with Gasteiger partial charge >= 0.3 is 0 Å². The second-order valence-corrected chi connectivity index (χ2v) is 4.71. The molecule has 0 N–H and O–H groups in total. The maximum atomic E-state index is 5.80. The van der Waals surface area contributed by atoms with E-state index in [9.17, 15) is 0 Å². The zero-order valence-corrected chi connectivity index (χ0v) is 11.7. The Labute approximate surface area is 117 Å². The van der Waals surface area contributed by atoms with Gasteiger partial charge in [-0.15, -0.1) is 0 Å². The van der Waals surface area contributed by atoms with Gasteiger partial charge < -0.3 is 9.26 Å². The summed E-state index contributed by atoms with van der Waals surface area (Å²) < 4.78 is 10.7. The van der Waals surface area contributed by atoms with Gasteiger partial charge in [-0.3, -0.25) is 4.90 Å². The van der Waals surface area contributed by atoms with Crippen molar-refractivity contribution in [3.05, 3.63) is 41.0 Å². The molecule has 2 rings (SSSR count). The average molecular weight is 282 g/mol. The molecule has 1 aromatic carbocycles. The minimum atomic E-state index is 0.589. The van der Waals surface area contributed by atoms with Crippen molar-refractivity contribution in [3.63, 3.8) is 0 Å². The predicted molar refractivity (Wildman–Crippen MR) is 72.3 cm³/mol. The Hall–Kier alpha value is -1.59. The number of benzene rings is 1. The van der Waals surface area contributed by atoms with Crippen LogP contribution in [0.15, 0.2) is 28.8 Å². The van der Waals surface area contributed by atoms with E-state index in [2.05, 4.69) is 15.0 Å². The molecule has 0 atom stereocenters. The van der Waals surface area contributed by atoms with Gasteiger partial charge in [-0.25, -0.2) is 0 Å². The summed E-state index contributed by atoms with van der Waals surface area (Å²) in [5, 5.41) is 4.45. The quantitative estimate of drug-likeness (QED) is 0.814. The molecule has 6 heteroatoms. The molecule has 0 aliphatic carbocycles. The molecule has 102 valence electrons. The smallest absolute Gasteiger partial charge is 0.240 e. The largest absolute Gasteiger partial charge is 0.492 e. The molecule has 0 radical (unpaired) electrons. The highest BCUT2D eigenvalue weighted by atomic mass is 35.5. The fraction of sp³-hybridized carbons (Fsp3) is 0.385. The van der Waals surface area contributed by atoms with E-state index in [1.807, 2.05) is 31.3 Å². The molecular weight excluding hydrogens is 266 g/mol. The molecule has 0 unspecified atom stereocenters. The Balaban J connectivity index is 1.71. The highest BCUT2D eigenvalue weighted by Gasteiger charge is 2.06. The van der Waals surface area contributed by atoms with Crippen LogP contribution < -0.4 is 4.74 Å². The summed E-state index contributed by atoms with van der Waals surface area (Å²) in [4.78, 5) is 6.21. The van der Waals surface area contributed by atoms with Gasteiger partial charge in [0, 0.05) is 11.6 Å². The van der Waals surface area contributed by atoms with E-state index in [0.717, 1.165) is 12.3 Å². The van der Waals surface area contributed by atoms with E-state index in [0.29, 0.717) is 29.9 Å². The van der Waals surface area contributed by atoms with E-state index in [1.165, 1.54) is 0 Å². The Morgan fingerprint density at radius 1 is 1.32 bits per heavy atom. The van der Waals surface area contributed by atoms with Crippen LogP contribution in [-0.2, 0) is 6.54 Å². The van der Waals surface area contributed by atoms with E-state index in [-0.39, 0.29) is 0 Å². The monoisotopic (exact) mass is 281 g/mol. The van der Waals surface area contributed by atoms with Crippen LogP contribution in [0.25, 0.3) is 0 Å². The Morgan fingerprint density at radius 2 is 2.05 bits per heavy atom. The lowest BCUT2D eigenvalue weighted by Gasteiger charge is -2.14. The van der Waals surface area contributed by atoms with Crippen molar-refractivity contribution in [2.24, 2.45) is 0 Å². The third-order valence-electron chi connectivity index (χ3n) is 2.53. The fourth-order valence-corrected chi connectivity index (χ4v) is 1.69. The molecule has 5 nitrogen and oxygen atoms in total. The lowest BCUT2D eigenvalue weighted by molar-refractivity contribution is 0.212. The highest BCUT2D eigenvalue weighted by molar-refractivity contribution is 6.30. The lowest BCUT2D eigenvalue weighted by atomic mass is 10.3. The number of aryl methyl sites for hydroxylation is 1. The van der Waals surface area contributed by atoms with Crippen molar-refractivity contribution in [2.75, 3.05) is 20.2 Å². The molecule has 0 bridgehead atoms. The first kappa shape index (κ1) is 13.8. The summed E-state index contributed by atoms with van der Waals surface area (Å²) in [5.41, 5.74) is 0. The van der Waals surface area contributed by atoms with Crippen molar-refractivity contribution in [1.29, 1.82) is 0 Å². The first-order valence-electron chi connectivity index (χ1n) is 5.99. The van der Waals surface area contributed by atoms with Crippen LogP contribution in [0.1, 0.15) is 11.7 Å². The second-order valence-electron chi connectivity index (χ2n) is 4.28. The molecule has 1 heterocycles. The van der Waals surface area contributed by atoms with E-state index in [1.54, 1.807) is 6.92 Å². The maximum Gasteiger partial charge on any atom is 0.240 e. The van der Waals surface area contributed by atoms with Crippen LogP contribution in [0.3, 0.4) is 0 Å². The zero-order valence-electron chi connectivity index (χ0n) is 11.0. The normalized spacial score (nSPS) is 10.9. The van der Waals surface area contributed by atoms with Crippen LogP contribution in [0.2, 0.25) is 5.02 Å². The molecule has 0 saturated carbocycles. The molecule has 0 aliphatic rings. The van der Waals surface area contributed by atoms with Gasteiger partial charge in [0.1, 0.15) is 12.4 Å². The molecule has 0 aliphatic heterocycles. The average Bonchev–Trinajstić information content (AvgIpc) is 2.77. The van der Waals surface area contributed by atoms with Gasteiger partial charge in [-0.2, -0.15) is 4.98 Å². The Bertz CT molecular complexity index is 513. The third-order valence-corrected chi connectivity index (χ3v) is 2.78. The van der Waals surface area contributed by atoms with Crippen LogP contribution in [0.4, 0.5) is 0 Å².